The first-order valence-corrected chi connectivity index (χ1v) is 10.0. The standard InChI is InChI=1S/C21H26N2O6/c1-2-28-17-10-6-5-9-16(17)22-18(24)13-29-19(25)11-12-23-20(26)14-7-3-4-8-15(14)21(23)27/h5-6,9-10,14-15H,2-4,7-8,11-13H2,1H3,(H,22,24)/t14-,15-/m1/s1. The highest BCUT2D eigenvalue weighted by molar-refractivity contribution is 6.05. The Hall–Kier alpha value is -2.90. The van der Waals surface area contributed by atoms with Crippen molar-refractivity contribution in [2.75, 3.05) is 25.1 Å². The molecule has 1 saturated carbocycles. The molecule has 0 bridgehead atoms. The molecule has 1 aromatic carbocycles. The van der Waals surface area contributed by atoms with E-state index in [0.717, 1.165) is 25.7 Å². The fraction of sp³-hybridized carbons (Fsp3) is 0.524. The molecule has 2 atom stereocenters. The number of hydrogen-bond acceptors (Lipinski definition) is 6. The van der Waals surface area contributed by atoms with Crippen LogP contribution in [0.2, 0.25) is 0 Å². The van der Waals surface area contributed by atoms with E-state index in [9.17, 15) is 19.2 Å². The summed E-state index contributed by atoms with van der Waals surface area (Å²) in [4.78, 5) is 50.0. The van der Waals surface area contributed by atoms with Crippen LogP contribution in [-0.4, -0.2) is 48.3 Å². The zero-order chi connectivity index (χ0) is 20.8. The lowest BCUT2D eigenvalue weighted by atomic mass is 9.81. The average Bonchev–Trinajstić information content (AvgIpc) is 2.97. The molecule has 29 heavy (non-hydrogen) atoms. The first-order chi connectivity index (χ1) is 14.0. The molecule has 1 aliphatic carbocycles. The fourth-order valence-electron chi connectivity index (χ4n) is 3.91. The molecule has 2 aliphatic rings. The minimum Gasteiger partial charge on any atom is -0.492 e. The zero-order valence-electron chi connectivity index (χ0n) is 16.5. The maximum Gasteiger partial charge on any atom is 0.308 e. The molecule has 1 N–H and O–H groups in total. The molecule has 0 spiro atoms. The molecule has 2 fully saturated rings. The van der Waals surface area contributed by atoms with Gasteiger partial charge < -0.3 is 14.8 Å². The van der Waals surface area contributed by atoms with E-state index in [1.54, 1.807) is 24.3 Å². The smallest absolute Gasteiger partial charge is 0.308 e. The van der Waals surface area contributed by atoms with Gasteiger partial charge in [0.2, 0.25) is 11.8 Å². The van der Waals surface area contributed by atoms with E-state index < -0.39 is 18.5 Å². The number of benzene rings is 1. The van der Waals surface area contributed by atoms with Gasteiger partial charge in [0.25, 0.3) is 5.91 Å². The first-order valence-electron chi connectivity index (χ1n) is 10.0. The van der Waals surface area contributed by atoms with Crippen LogP contribution < -0.4 is 10.1 Å². The quantitative estimate of drug-likeness (QED) is 0.528. The maximum absolute atomic E-state index is 12.4. The second-order valence-corrected chi connectivity index (χ2v) is 7.21. The van der Waals surface area contributed by atoms with Crippen molar-refractivity contribution < 1.29 is 28.7 Å². The Balaban J connectivity index is 1.44. The van der Waals surface area contributed by atoms with E-state index in [1.807, 2.05) is 6.92 Å². The molecule has 8 nitrogen and oxygen atoms in total. The Kier molecular flexibility index (Phi) is 6.85. The van der Waals surface area contributed by atoms with E-state index in [0.29, 0.717) is 18.0 Å². The summed E-state index contributed by atoms with van der Waals surface area (Å²) in [6.07, 6.45) is 3.26. The minimum absolute atomic E-state index is 0.00169. The number of para-hydroxylation sites is 2. The Labute approximate surface area is 169 Å². The van der Waals surface area contributed by atoms with Gasteiger partial charge in [-0.1, -0.05) is 25.0 Å². The van der Waals surface area contributed by atoms with Crippen LogP contribution in [0.5, 0.6) is 5.75 Å². The highest BCUT2D eigenvalue weighted by Crippen LogP contribution is 2.37. The number of likely N-dealkylation sites (tertiary alicyclic amines) is 1. The lowest BCUT2D eigenvalue weighted by Crippen LogP contribution is -2.33. The number of nitrogens with zero attached hydrogens (tertiary/aromatic N) is 1. The van der Waals surface area contributed by atoms with Gasteiger partial charge in [0.05, 0.1) is 30.6 Å². The van der Waals surface area contributed by atoms with Crippen molar-refractivity contribution >= 4 is 29.4 Å². The van der Waals surface area contributed by atoms with Crippen molar-refractivity contribution in [3.8, 4) is 5.75 Å². The van der Waals surface area contributed by atoms with Crippen LogP contribution in [0.15, 0.2) is 24.3 Å². The molecule has 156 valence electrons. The third-order valence-electron chi connectivity index (χ3n) is 5.30. The van der Waals surface area contributed by atoms with E-state index in [4.69, 9.17) is 9.47 Å². The summed E-state index contributed by atoms with van der Waals surface area (Å²) in [5.41, 5.74) is 0.492. The molecule has 8 heteroatoms. The molecule has 1 heterocycles. The topological polar surface area (TPSA) is 102 Å². The van der Waals surface area contributed by atoms with E-state index in [2.05, 4.69) is 5.32 Å². The second-order valence-electron chi connectivity index (χ2n) is 7.21. The molecule has 1 saturated heterocycles. The SMILES string of the molecule is CCOc1ccccc1NC(=O)COC(=O)CCN1C(=O)[C@@H]2CCCC[C@H]2C1=O. The first kappa shape index (κ1) is 20.8. The second kappa shape index (κ2) is 9.54. The number of fused-ring (bicyclic) bond motifs is 1. The number of imide groups is 1. The molecule has 1 aromatic rings. The molecule has 3 rings (SSSR count). The Morgan fingerprint density at radius 2 is 1.76 bits per heavy atom. The third-order valence-corrected chi connectivity index (χ3v) is 5.30. The normalized spacial score (nSPS) is 20.9. The van der Waals surface area contributed by atoms with Crippen LogP contribution in [0, 0.1) is 11.8 Å². The number of nitrogens with one attached hydrogen (secondary N) is 1. The van der Waals surface area contributed by atoms with Gasteiger partial charge in [0.1, 0.15) is 5.75 Å². The molecule has 0 aromatic heterocycles. The fourth-order valence-corrected chi connectivity index (χ4v) is 3.91. The maximum atomic E-state index is 12.4. The molecule has 0 unspecified atom stereocenters. The van der Waals surface area contributed by atoms with E-state index in [-0.39, 0.29) is 36.6 Å². The monoisotopic (exact) mass is 402 g/mol. The highest BCUT2D eigenvalue weighted by atomic mass is 16.5. The molecule has 1 aliphatic heterocycles. The summed E-state index contributed by atoms with van der Waals surface area (Å²) in [7, 11) is 0. The van der Waals surface area contributed by atoms with Crippen LogP contribution in [0.1, 0.15) is 39.0 Å². The predicted octanol–water partition coefficient (Wildman–Crippen LogP) is 2.13. The lowest BCUT2D eigenvalue weighted by molar-refractivity contribution is -0.148. The molecular weight excluding hydrogens is 376 g/mol. The van der Waals surface area contributed by atoms with Crippen LogP contribution >= 0.6 is 0 Å². The van der Waals surface area contributed by atoms with Crippen LogP contribution in [0.4, 0.5) is 5.69 Å². The molecular formula is C21H26N2O6. The van der Waals surface area contributed by atoms with Crippen molar-refractivity contribution in [3.63, 3.8) is 0 Å². The summed E-state index contributed by atoms with van der Waals surface area (Å²) in [6, 6.07) is 6.96. The van der Waals surface area contributed by atoms with Crippen molar-refractivity contribution in [2.24, 2.45) is 11.8 Å². The van der Waals surface area contributed by atoms with Crippen molar-refractivity contribution in [1.82, 2.24) is 4.90 Å². The van der Waals surface area contributed by atoms with Gasteiger partial charge in [0, 0.05) is 6.54 Å². The van der Waals surface area contributed by atoms with Gasteiger partial charge in [-0.3, -0.25) is 24.1 Å². The van der Waals surface area contributed by atoms with Crippen molar-refractivity contribution in [3.05, 3.63) is 24.3 Å². The lowest BCUT2D eigenvalue weighted by Gasteiger charge is -2.19. The molecule has 0 radical (unpaired) electrons. The number of ether oxygens (including phenoxy) is 2. The largest absolute Gasteiger partial charge is 0.492 e. The van der Waals surface area contributed by atoms with Crippen molar-refractivity contribution in [2.45, 2.75) is 39.0 Å². The highest BCUT2D eigenvalue weighted by Gasteiger charge is 2.47. The van der Waals surface area contributed by atoms with Crippen molar-refractivity contribution in [1.29, 1.82) is 0 Å². The van der Waals surface area contributed by atoms with Gasteiger partial charge in [-0.2, -0.15) is 0 Å². The summed E-state index contributed by atoms with van der Waals surface area (Å²) in [5.74, 6) is -1.43. The van der Waals surface area contributed by atoms with Gasteiger partial charge in [-0.15, -0.1) is 0 Å². The summed E-state index contributed by atoms with van der Waals surface area (Å²) < 4.78 is 10.4. The van der Waals surface area contributed by atoms with Crippen LogP contribution in [-0.2, 0) is 23.9 Å². The van der Waals surface area contributed by atoms with Gasteiger partial charge in [-0.05, 0) is 31.9 Å². The number of anilines is 1. The zero-order valence-corrected chi connectivity index (χ0v) is 16.5. The Morgan fingerprint density at radius 1 is 1.10 bits per heavy atom. The van der Waals surface area contributed by atoms with Gasteiger partial charge in [0.15, 0.2) is 6.61 Å². The number of esters is 1. The third kappa shape index (κ3) is 4.93. The summed E-state index contributed by atoms with van der Waals surface area (Å²) in [5, 5.41) is 2.64. The van der Waals surface area contributed by atoms with Crippen LogP contribution in [0.25, 0.3) is 0 Å². The van der Waals surface area contributed by atoms with Crippen LogP contribution in [0.3, 0.4) is 0 Å². The van der Waals surface area contributed by atoms with E-state index >= 15 is 0 Å². The minimum atomic E-state index is -0.631. The molecule has 3 amide bonds. The predicted molar refractivity (Wildman–Crippen MR) is 104 cm³/mol. The average molecular weight is 402 g/mol. The summed E-state index contributed by atoms with van der Waals surface area (Å²) >= 11 is 0. The van der Waals surface area contributed by atoms with E-state index in [1.165, 1.54) is 4.90 Å². The van der Waals surface area contributed by atoms with Gasteiger partial charge >= 0.3 is 5.97 Å². The number of carbonyl (C=O) groups is 4. The summed E-state index contributed by atoms with van der Waals surface area (Å²) in [6.45, 7) is 1.84. The van der Waals surface area contributed by atoms with Gasteiger partial charge in [-0.25, -0.2) is 0 Å². The number of carbonyl (C=O) groups excluding carboxylic acids is 4. The number of amides is 3. The number of rotatable bonds is 8. The Morgan fingerprint density at radius 3 is 2.41 bits per heavy atom. The Bertz CT molecular complexity index is 769. The number of hydrogen-bond donors (Lipinski definition) is 1.